The zero-order chi connectivity index (χ0) is 7.21. The van der Waals surface area contributed by atoms with Gasteiger partial charge in [-0.15, -0.1) is 0 Å². The van der Waals surface area contributed by atoms with Gasteiger partial charge in [0.15, 0.2) is 0 Å². The van der Waals surface area contributed by atoms with Gasteiger partial charge in [0.1, 0.15) is 0 Å². The van der Waals surface area contributed by atoms with Gasteiger partial charge in [-0.05, 0) is 0 Å². The van der Waals surface area contributed by atoms with Crippen LogP contribution in [0, 0.1) is 0 Å². The van der Waals surface area contributed by atoms with E-state index in [1.807, 2.05) is 0 Å². The number of hydrogen-bond acceptors (Lipinski definition) is 0. The quantitative estimate of drug-likeness (QED) is 0.439. The van der Waals surface area contributed by atoms with Gasteiger partial charge < -0.3 is 0 Å². The average molecular weight is 226 g/mol. The molecule has 0 nitrogen and oxygen atoms in total. The summed E-state index contributed by atoms with van der Waals surface area (Å²) in [5, 5.41) is 0. The second kappa shape index (κ2) is 5.75. The Kier molecular flexibility index (Phi) is 8.21. The molecule has 0 fully saturated rings. The number of rotatable bonds is 0. The molecule has 8 heavy (non-hydrogen) atoms. The molecule has 0 N–H and O–H groups in total. The van der Waals surface area contributed by atoms with Crippen molar-refractivity contribution < 1.29 is 51.8 Å². The van der Waals surface area contributed by atoms with Crippen molar-refractivity contribution in [3.63, 3.8) is 0 Å². The van der Waals surface area contributed by atoms with E-state index in [0.717, 1.165) is 0 Å². The third kappa shape index (κ3) is 545. The normalized spacial score (nSPS) is 12.2. The third-order valence-electron chi connectivity index (χ3n) is 0. The fraction of sp³-hybridized carbons (Fsp3) is 0. The summed E-state index contributed by atoms with van der Waals surface area (Å²) in [5.74, 6) is 0. The molecule has 8 heteroatoms. The summed E-state index contributed by atoms with van der Waals surface area (Å²) in [7, 11) is 0. The molecule has 0 radical (unpaired) electrons. The first-order valence-corrected chi connectivity index (χ1v) is 3.31. The summed E-state index contributed by atoms with van der Waals surface area (Å²) >= 11 is -8.25. The predicted molar refractivity (Wildman–Crippen MR) is 6.65 cm³/mol. The van der Waals surface area contributed by atoms with E-state index in [9.17, 15) is 21.3 Å². The molecular formula is F6Fe2. The van der Waals surface area contributed by atoms with Crippen LogP contribution in [-0.2, 0) is 30.5 Å². The van der Waals surface area contributed by atoms with Crippen LogP contribution in [0.1, 0.15) is 0 Å². The predicted octanol–water partition coefficient (Wildman–Crippen LogP) is 2.52. The summed E-state index contributed by atoms with van der Waals surface area (Å²) < 4.78 is 58.5. The molecular weight excluding hydrogens is 226 g/mol. The fourth-order valence-corrected chi connectivity index (χ4v) is 0. The Bertz CT molecular complexity index is 30.3. The number of hydrogen-bond donors (Lipinski definition) is 0. The van der Waals surface area contributed by atoms with Crippen molar-refractivity contribution in [2.24, 2.45) is 0 Å². The van der Waals surface area contributed by atoms with E-state index >= 15 is 0 Å². The molecule has 0 unspecified atom stereocenters. The van der Waals surface area contributed by atoms with Crippen molar-refractivity contribution in [3.8, 4) is 0 Å². The molecule has 0 aromatic heterocycles. The van der Waals surface area contributed by atoms with Crippen molar-refractivity contribution >= 4 is 0 Å². The van der Waals surface area contributed by atoms with Crippen LogP contribution in [0.15, 0.2) is 0 Å². The second-order valence-electron chi connectivity index (χ2n) is 0.354. The molecule has 0 spiro atoms. The van der Waals surface area contributed by atoms with E-state index in [1.54, 1.807) is 0 Å². The van der Waals surface area contributed by atoms with Gasteiger partial charge in [-0.2, -0.15) is 0 Å². The van der Waals surface area contributed by atoms with E-state index in [2.05, 4.69) is 0 Å². The van der Waals surface area contributed by atoms with E-state index in [4.69, 9.17) is 0 Å². The van der Waals surface area contributed by atoms with Crippen molar-refractivity contribution in [1.82, 2.24) is 0 Å². The Morgan fingerprint density at radius 3 is 0.875 bits per heavy atom. The Morgan fingerprint density at radius 1 is 0.875 bits per heavy atom. The van der Waals surface area contributed by atoms with Crippen molar-refractivity contribution in [2.75, 3.05) is 0 Å². The van der Waals surface area contributed by atoms with Crippen LogP contribution >= 0.6 is 0 Å². The van der Waals surface area contributed by atoms with E-state index < -0.39 is 30.5 Å². The first-order chi connectivity index (χ1) is 3.41. The summed E-state index contributed by atoms with van der Waals surface area (Å²) in [6.07, 6.45) is 0. The van der Waals surface area contributed by atoms with Crippen LogP contribution in [0.3, 0.4) is 0 Å². The maximum atomic E-state index is 9.81. The number of halogens is 6. The molecule has 0 bridgehead atoms. The van der Waals surface area contributed by atoms with Gasteiger partial charge in [-0.1, -0.05) is 0 Å². The molecule has 0 aliphatic heterocycles. The summed E-state index contributed by atoms with van der Waals surface area (Å²) in [4.78, 5) is 0. The molecule has 0 rings (SSSR count). The van der Waals surface area contributed by atoms with Gasteiger partial charge in [0.25, 0.3) is 0 Å². The van der Waals surface area contributed by atoms with Gasteiger partial charge in [0, 0.05) is 0 Å². The molecule has 0 aromatic rings. The zero-order valence-corrected chi connectivity index (χ0v) is 5.18. The van der Waals surface area contributed by atoms with Gasteiger partial charge in [-0.3, -0.25) is 0 Å². The first kappa shape index (κ1) is 11.4. The summed E-state index contributed by atoms with van der Waals surface area (Å²) in [6.45, 7) is 0. The van der Waals surface area contributed by atoms with Crippen LogP contribution in [0.2, 0.25) is 0 Å². The Morgan fingerprint density at radius 2 is 0.875 bits per heavy atom. The molecule has 0 saturated carbocycles. The molecule has 0 aliphatic rings. The second-order valence-corrected chi connectivity index (χ2v) is 1.46. The van der Waals surface area contributed by atoms with Crippen LogP contribution < -0.4 is 0 Å². The van der Waals surface area contributed by atoms with E-state index in [1.165, 1.54) is 0 Å². The van der Waals surface area contributed by atoms with E-state index in [-0.39, 0.29) is 0 Å². The van der Waals surface area contributed by atoms with E-state index in [0.29, 0.717) is 0 Å². The summed E-state index contributed by atoms with van der Waals surface area (Å²) in [6, 6.07) is 0. The first-order valence-electron chi connectivity index (χ1n) is 0.802. The maximum absolute atomic E-state index is 9.81. The average Bonchev–Trinajstić information content (AvgIpc) is 1.27. The Hall–Kier alpha value is 0.619. The SMILES string of the molecule is [F][Fe]([F])([F])[F].[F][Fe][F]. The van der Waals surface area contributed by atoms with Crippen LogP contribution in [0.5, 0.6) is 0 Å². The van der Waals surface area contributed by atoms with Gasteiger partial charge in [0.2, 0.25) is 0 Å². The Balaban J connectivity index is 0. The van der Waals surface area contributed by atoms with Gasteiger partial charge >= 0.3 is 51.8 Å². The topological polar surface area (TPSA) is 0 Å². The molecule has 58 valence electrons. The fourth-order valence-electron chi connectivity index (χ4n) is 0. The molecule has 0 aliphatic carbocycles. The van der Waals surface area contributed by atoms with Crippen LogP contribution in [0.25, 0.3) is 0 Å². The van der Waals surface area contributed by atoms with Crippen molar-refractivity contribution in [1.29, 1.82) is 0 Å². The molecule has 0 saturated heterocycles. The monoisotopic (exact) mass is 226 g/mol. The molecule has 0 amide bonds. The minimum absolute atomic E-state index is 1.75. The van der Waals surface area contributed by atoms with Crippen molar-refractivity contribution in [2.45, 2.75) is 0 Å². The summed E-state index contributed by atoms with van der Waals surface area (Å²) in [5.41, 5.74) is 0. The zero-order valence-electron chi connectivity index (χ0n) is 2.97. The van der Waals surface area contributed by atoms with Crippen LogP contribution in [0.4, 0.5) is 21.3 Å². The standard InChI is InChI=1S/6FH.2Fe/h6*1H;;/q;;;;;;+2;+4/p-6. The molecule has 0 atom stereocenters. The minimum atomic E-state index is -6.50. The van der Waals surface area contributed by atoms with Crippen LogP contribution in [-0.4, -0.2) is 0 Å². The van der Waals surface area contributed by atoms with Crippen molar-refractivity contribution in [3.05, 3.63) is 0 Å². The van der Waals surface area contributed by atoms with Gasteiger partial charge in [0.05, 0.1) is 0 Å². The molecule has 0 heterocycles. The third-order valence-corrected chi connectivity index (χ3v) is 0. The molecule has 0 aromatic carbocycles. The van der Waals surface area contributed by atoms with Gasteiger partial charge in [-0.25, -0.2) is 0 Å². The Labute approximate surface area is 52.4 Å².